The molecule has 6 heteroatoms. The molecule has 0 saturated heterocycles. The predicted octanol–water partition coefficient (Wildman–Crippen LogP) is -2.45. The summed E-state index contributed by atoms with van der Waals surface area (Å²) in [4.78, 5) is 16.9. The van der Waals surface area contributed by atoms with E-state index in [0.717, 1.165) is 0 Å². The van der Waals surface area contributed by atoms with Gasteiger partial charge in [-0.1, -0.05) is 0 Å². The summed E-state index contributed by atoms with van der Waals surface area (Å²) in [7, 11) is 0. The van der Waals surface area contributed by atoms with Crippen LogP contribution in [0.4, 0.5) is 0 Å². The van der Waals surface area contributed by atoms with Crippen LogP contribution in [0.2, 0.25) is 0 Å². The minimum atomic E-state index is -0.984. The summed E-state index contributed by atoms with van der Waals surface area (Å²) in [6, 6.07) is 0. The third-order valence-electron chi connectivity index (χ3n) is 1.21. The number of nitrogens with one attached hydrogen (secondary N) is 1. The average Bonchev–Trinajstić information content (AvgIpc) is 2.10. The molecule has 0 saturated carbocycles. The zero-order valence-corrected chi connectivity index (χ0v) is 7.25. The van der Waals surface area contributed by atoms with Crippen LogP contribution < -0.4 is 18.9 Å². The maximum Gasteiger partial charge on any atom is 1.00 e. The molecule has 1 rings (SSSR count). The van der Waals surface area contributed by atoms with Gasteiger partial charge in [0.15, 0.2) is 5.69 Å². The number of aryl methyl sites for hydroxylation is 2. The van der Waals surface area contributed by atoms with Gasteiger partial charge >= 0.3 is 24.8 Å². The van der Waals surface area contributed by atoms with E-state index in [-0.39, 0.29) is 30.0 Å². The predicted molar refractivity (Wildman–Crippen MR) is 37.0 cm³/mol. The number of imidazole rings is 1. The Morgan fingerprint density at radius 1 is 1.50 bits per heavy atom. The van der Waals surface area contributed by atoms with Gasteiger partial charge in [-0.25, -0.2) is 9.78 Å². The van der Waals surface area contributed by atoms with E-state index < -0.39 is 5.97 Å². The maximum absolute atomic E-state index is 10.4. The molecule has 0 radical (unpaired) electrons. The molecule has 0 unspecified atom stereocenters. The number of aromatic carboxylic acids is 1. The van der Waals surface area contributed by atoms with Crippen molar-refractivity contribution in [2.75, 3.05) is 0 Å². The molecule has 3 N–H and O–H groups in total. The molecule has 0 spiro atoms. The Bertz CT molecular complexity index is 272. The van der Waals surface area contributed by atoms with Crippen LogP contribution in [0.3, 0.4) is 0 Å². The smallest absolute Gasteiger partial charge is 0.870 e. The van der Waals surface area contributed by atoms with Crippen molar-refractivity contribution in [1.29, 1.82) is 0 Å². The van der Waals surface area contributed by atoms with Crippen molar-refractivity contribution in [3.05, 3.63) is 17.2 Å². The molecular weight excluding hydrogens is 155 g/mol. The monoisotopic (exact) mass is 164 g/mol. The second kappa shape index (κ2) is 4.99. The van der Waals surface area contributed by atoms with Crippen LogP contribution in [0.15, 0.2) is 0 Å². The summed E-state index contributed by atoms with van der Waals surface area (Å²) in [6.07, 6.45) is 0. The van der Waals surface area contributed by atoms with Gasteiger partial charge in [-0.2, -0.15) is 0 Å². The van der Waals surface area contributed by atoms with Gasteiger partial charge in [0.25, 0.3) is 0 Å². The molecule has 12 heavy (non-hydrogen) atoms. The van der Waals surface area contributed by atoms with Crippen molar-refractivity contribution in [2.24, 2.45) is 0 Å². The number of rotatable bonds is 1. The Kier molecular flexibility index (Phi) is 5.73. The zero-order valence-electron chi connectivity index (χ0n) is 7.25. The van der Waals surface area contributed by atoms with Crippen LogP contribution in [0.25, 0.3) is 0 Å². The van der Waals surface area contributed by atoms with Crippen LogP contribution in [0.1, 0.15) is 22.0 Å². The van der Waals surface area contributed by atoms with Crippen molar-refractivity contribution in [3.8, 4) is 0 Å². The maximum atomic E-state index is 10.4. The molecule has 0 aromatic carbocycles. The minimum absolute atomic E-state index is 0. The molecule has 1 aromatic heterocycles. The van der Waals surface area contributed by atoms with Crippen molar-refractivity contribution in [2.45, 2.75) is 13.8 Å². The molecule has 0 atom stereocenters. The Morgan fingerprint density at radius 2 is 2.00 bits per heavy atom. The van der Waals surface area contributed by atoms with Crippen LogP contribution in [0, 0.1) is 13.8 Å². The first-order valence-electron chi connectivity index (χ1n) is 2.87. The van der Waals surface area contributed by atoms with Crippen molar-refractivity contribution < 1.29 is 34.2 Å². The SMILES string of the molecule is Cc1nc(C(=O)O)c(C)[nH]1.[Li+].[OH-]. The van der Waals surface area contributed by atoms with E-state index in [1.165, 1.54) is 0 Å². The summed E-state index contributed by atoms with van der Waals surface area (Å²) in [6.45, 7) is 3.41. The molecule has 0 aliphatic carbocycles. The van der Waals surface area contributed by atoms with Gasteiger partial charge < -0.3 is 15.6 Å². The topological polar surface area (TPSA) is 96.0 Å². The van der Waals surface area contributed by atoms with E-state index in [0.29, 0.717) is 11.5 Å². The van der Waals surface area contributed by atoms with E-state index in [2.05, 4.69) is 9.97 Å². The molecule has 1 aromatic rings. The molecule has 1 heterocycles. The number of hydrogen-bond acceptors (Lipinski definition) is 3. The van der Waals surface area contributed by atoms with Gasteiger partial charge in [0.2, 0.25) is 0 Å². The van der Waals surface area contributed by atoms with E-state index >= 15 is 0 Å². The second-order valence-electron chi connectivity index (χ2n) is 2.10. The number of carboxylic acid groups (broad SMARTS) is 1. The standard InChI is InChI=1S/C6H8N2O2.Li.H2O/c1-3-5(6(9)10)8-4(2)7-3;;/h1-2H3,(H,7,8)(H,9,10);;1H2/q;+1;/p-1. The van der Waals surface area contributed by atoms with Crippen molar-refractivity contribution >= 4 is 5.97 Å². The van der Waals surface area contributed by atoms with Crippen molar-refractivity contribution in [1.82, 2.24) is 9.97 Å². The summed E-state index contributed by atoms with van der Waals surface area (Å²) >= 11 is 0. The number of nitrogens with zero attached hydrogens (tertiary/aromatic N) is 1. The summed E-state index contributed by atoms with van der Waals surface area (Å²) in [5.74, 6) is -0.350. The first-order chi connectivity index (χ1) is 4.61. The molecule has 0 aliphatic heterocycles. The fraction of sp³-hybridized carbons (Fsp3) is 0.333. The Balaban J connectivity index is 0. The summed E-state index contributed by atoms with van der Waals surface area (Å²) in [5, 5.41) is 8.50. The van der Waals surface area contributed by atoms with Gasteiger partial charge in [0.05, 0.1) is 0 Å². The number of carboxylic acids is 1. The van der Waals surface area contributed by atoms with Crippen molar-refractivity contribution in [3.63, 3.8) is 0 Å². The normalized spacial score (nSPS) is 8.17. The summed E-state index contributed by atoms with van der Waals surface area (Å²) < 4.78 is 0. The van der Waals surface area contributed by atoms with Crippen LogP contribution >= 0.6 is 0 Å². The van der Waals surface area contributed by atoms with Gasteiger partial charge in [-0.05, 0) is 13.8 Å². The fourth-order valence-electron chi connectivity index (χ4n) is 0.818. The molecule has 0 fully saturated rings. The Hall–Kier alpha value is -0.763. The van der Waals surface area contributed by atoms with Gasteiger partial charge in [0, 0.05) is 5.69 Å². The fourth-order valence-corrected chi connectivity index (χ4v) is 0.818. The number of aromatic nitrogens is 2. The third-order valence-corrected chi connectivity index (χ3v) is 1.21. The molecule has 0 bridgehead atoms. The molecule has 62 valence electrons. The van der Waals surface area contributed by atoms with Gasteiger partial charge in [0.1, 0.15) is 5.82 Å². The Labute approximate surface area is 81.7 Å². The molecular formula is C6H9LiN2O3. The molecule has 0 amide bonds. The zero-order chi connectivity index (χ0) is 7.72. The number of carbonyl (C=O) groups is 1. The molecule has 0 aliphatic rings. The molecule has 5 nitrogen and oxygen atoms in total. The quantitative estimate of drug-likeness (QED) is 0.450. The third kappa shape index (κ3) is 2.70. The van der Waals surface area contributed by atoms with E-state index in [9.17, 15) is 4.79 Å². The number of H-pyrrole nitrogens is 1. The first kappa shape index (κ1) is 13.8. The van der Waals surface area contributed by atoms with Gasteiger partial charge in [-0.15, -0.1) is 0 Å². The Morgan fingerprint density at radius 3 is 2.17 bits per heavy atom. The van der Waals surface area contributed by atoms with E-state index in [1.54, 1.807) is 13.8 Å². The largest absolute Gasteiger partial charge is 1.00 e. The summed E-state index contributed by atoms with van der Waals surface area (Å²) in [5.41, 5.74) is 0.711. The van der Waals surface area contributed by atoms with Gasteiger partial charge in [-0.3, -0.25) is 0 Å². The number of hydrogen-bond donors (Lipinski definition) is 2. The average molecular weight is 164 g/mol. The minimum Gasteiger partial charge on any atom is -0.870 e. The first-order valence-corrected chi connectivity index (χ1v) is 2.87. The second-order valence-corrected chi connectivity index (χ2v) is 2.10. The van der Waals surface area contributed by atoms with Crippen LogP contribution in [-0.4, -0.2) is 26.5 Å². The van der Waals surface area contributed by atoms with Crippen LogP contribution in [-0.2, 0) is 0 Å². The van der Waals surface area contributed by atoms with Crippen LogP contribution in [0.5, 0.6) is 0 Å². The number of aromatic amines is 1. The van der Waals surface area contributed by atoms with E-state index in [4.69, 9.17) is 5.11 Å². The van der Waals surface area contributed by atoms with E-state index in [1.807, 2.05) is 0 Å².